The first kappa shape index (κ1) is 29.4. The molecule has 42 heavy (non-hydrogen) atoms. The minimum Gasteiger partial charge on any atom is -0.472 e. The molecule has 0 unspecified atom stereocenters. The first-order chi connectivity index (χ1) is 20.2. The number of carbonyl (C=O) groups excluding carboxylic acids is 1. The van der Waals surface area contributed by atoms with Crippen molar-refractivity contribution >= 4 is 17.6 Å². The van der Waals surface area contributed by atoms with E-state index >= 15 is 0 Å². The van der Waals surface area contributed by atoms with Crippen LogP contribution in [-0.4, -0.2) is 24.0 Å². The van der Waals surface area contributed by atoms with Gasteiger partial charge in [0.1, 0.15) is 12.0 Å². The Bertz CT molecular complexity index is 1560. The molecule has 3 aromatic rings. The topological polar surface area (TPSA) is 42.7 Å². The number of esters is 1. The summed E-state index contributed by atoms with van der Waals surface area (Å²) < 4.78 is 52.0. The van der Waals surface area contributed by atoms with Crippen LogP contribution in [0.1, 0.15) is 40.7 Å². The molecule has 0 saturated carbocycles. The van der Waals surface area contributed by atoms with Crippen LogP contribution in [0.4, 0.5) is 13.2 Å². The maximum absolute atomic E-state index is 13.7. The van der Waals surface area contributed by atoms with Gasteiger partial charge in [-0.2, -0.15) is 13.2 Å². The van der Waals surface area contributed by atoms with Gasteiger partial charge in [-0.3, -0.25) is 9.69 Å². The molecule has 0 atom stereocenters. The van der Waals surface area contributed by atoms with Crippen molar-refractivity contribution < 1.29 is 27.1 Å². The lowest BCUT2D eigenvalue weighted by molar-refractivity contribution is -0.137. The Morgan fingerprint density at radius 3 is 2.21 bits per heavy atom. The summed E-state index contributed by atoms with van der Waals surface area (Å²) in [5.41, 5.74) is 4.06. The molecular weight excluding hydrogens is 563 g/mol. The van der Waals surface area contributed by atoms with E-state index < -0.39 is 17.7 Å². The fourth-order valence-electron chi connectivity index (χ4n) is 5.27. The largest absolute Gasteiger partial charge is 0.472 e. The highest BCUT2D eigenvalue weighted by molar-refractivity contribution is 6.32. The predicted molar refractivity (Wildman–Crippen MR) is 157 cm³/mol. The zero-order valence-corrected chi connectivity index (χ0v) is 23.7. The first-order valence-corrected chi connectivity index (χ1v) is 13.9. The maximum atomic E-state index is 13.7. The molecule has 0 radical (unpaired) electrons. The zero-order valence-electron chi connectivity index (χ0n) is 22.9. The Hall–Kier alpha value is -4.07. The fraction of sp³-hybridized carbons (Fsp3) is 0.206. The Labute approximate surface area is 247 Å². The number of nitrogens with zero attached hydrogens (tertiary/aromatic N) is 1. The Morgan fingerprint density at radius 1 is 0.929 bits per heavy atom. The fourth-order valence-corrected chi connectivity index (χ4v) is 5.56. The average molecular weight is 592 g/mol. The standard InChI is InChI=1S/C34H29ClF3NO3/c1-23(40)42-33-27(19-26-16-18-41-22-30(26)33)15-17-39(20-28-13-8-14-31(32(28)35)34(36,37)38)21-29(24-9-4-2-5-10-24)25-11-6-3-7-12-25/h2-14,16,18-19,22,29H,15,17,20-21H2,1H3. The monoisotopic (exact) mass is 591 g/mol. The van der Waals surface area contributed by atoms with Gasteiger partial charge < -0.3 is 9.15 Å². The summed E-state index contributed by atoms with van der Waals surface area (Å²) in [6.45, 7) is 2.51. The van der Waals surface area contributed by atoms with Crippen molar-refractivity contribution in [1.29, 1.82) is 0 Å². The van der Waals surface area contributed by atoms with Crippen LogP contribution in [-0.2, 0) is 23.9 Å². The summed E-state index contributed by atoms with van der Waals surface area (Å²) in [7, 11) is 0. The molecule has 1 aliphatic heterocycles. The highest BCUT2D eigenvalue weighted by atomic mass is 35.5. The van der Waals surface area contributed by atoms with E-state index in [1.54, 1.807) is 18.4 Å². The number of benzene rings is 3. The highest BCUT2D eigenvalue weighted by Crippen LogP contribution is 2.40. The third-order valence-corrected chi connectivity index (χ3v) is 7.70. The van der Waals surface area contributed by atoms with Crippen molar-refractivity contribution in [2.24, 2.45) is 0 Å². The summed E-state index contributed by atoms with van der Waals surface area (Å²) in [6, 6.07) is 27.8. The van der Waals surface area contributed by atoms with Gasteiger partial charge in [-0.05, 0) is 52.4 Å². The number of halogens is 4. The lowest BCUT2D eigenvalue weighted by Gasteiger charge is -2.29. The lowest BCUT2D eigenvalue weighted by Crippen LogP contribution is -2.31. The molecule has 0 N–H and O–H groups in total. The lowest BCUT2D eigenvalue weighted by atomic mass is 9.90. The molecule has 0 spiro atoms. The summed E-state index contributed by atoms with van der Waals surface area (Å²) in [4.78, 5) is 14.0. The third-order valence-electron chi connectivity index (χ3n) is 7.25. The highest BCUT2D eigenvalue weighted by Gasteiger charge is 2.34. The minimum atomic E-state index is -4.56. The predicted octanol–water partition coefficient (Wildman–Crippen LogP) is 8.86. The van der Waals surface area contributed by atoms with Gasteiger partial charge in [0.15, 0.2) is 0 Å². The van der Waals surface area contributed by atoms with Crippen molar-refractivity contribution in [1.82, 2.24) is 4.90 Å². The van der Waals surface area contributed by atoms with E-state index in [1.165, 1.54) is 19.3 Å². The van der Waals surface area contributed by atoms with Gasteiger partial charge in [-0.15, -0.1) is 0 Å². The summed E-state index contributed by atoms with van der Waals surface area (Å²) in [5, 5.41) is -0.299. The van der Waals surface area contributed by atoms with Crippen molar-refractivity contribution in [3.63, 3.8) is 0 Å². The quantitative estimate of drug-likeness (QED) is 0.152. The molecule has 0 saturated heterocycles. The molecule has 3 aromatic carbocycles. The molecule has 1 heterocycles. The van der Waals surface area contributed by atoms with E-state index in [2.05, 4.69) is 29.2 Å². The molecule has 2 aliphatic rings. The van der Waals surface area contributed by atoms with Gasteiger partial charge in [-0.1, -0.05) is 84.4 Å². The van der Waals surface area contributed by atoms with Crippen LogP contribution in [0.25, 0.3) is 11.1 Å². The van der Waals surface area contributed by atoms with E-state index in [0.29, 0.717) is 36.4 Å². The van der Waals surface area contributed by atoms with E-state index in [-0.39, 0.29) is 17.5 Å². The van der Waals surface area contributed by atoms with Crippen LogP contribution < -0.4 is 4.74 Å². The van der Waals surface area contributed by atoms with Crippen molar-refractivity contribution in [3.05, 3.63) is 136 Å². The van der Waals surface area contributed by atoms with Crippen LogP contribution in [0.3, 0.4) is 0 Å². The number of fused-ring (bicyclic) bond motifs is 1. The van der Waals surface area contributed by atoms with E-state index in [9.17, 15) is 18.0 Å². The zero-order chi connectivity index (χ0) is 29.7. The summed E-state index contributed by atoms with van der Waals surface area (Å²) in [6.07, 6.45) is -0.994. The average Bonchev–Trinajstić information content (AvgIpc) is 3.32. The molecule has 0 bridgehead atoms. The molecule has 5 rings (SSSR count). The number of rotatable bonds is 10. The third kappa shape index (κ3) is 6.86. The van der Waals surface area contributed by atoms with E-state index in [0.717, 1.165) is 28.3 Å². The second-order valence-electron chi connectivity index (χ2n) is 10.2. The van der Waals surface area contributed by atoms with Gasteiger partial charge in [0, 0.05) is 32.5 Å². The van der Waals surface area contributed by atoms with Crippen molar-refractivity contribution in [2.45, 2.75) is 32.0 Å². The van der Waals surface area contributed by atoms with Gasteiger partial charge in [0.2, 0.25) is 0 Å². The molecule has 1 aliphatic carbocycles. The van der Waals surface area contributed by atoms with Crippen LogP contribution >= 0.6 is 11.6 Å². The van der Waals surface area contributed by atoms with E-state index in [4.69, 9.17) is 20.8 Å². The summed E-state index contributed by atoms with van der Waals surface area (Å²) in [5.74, 6) is -0.0718. The van der Waals surface area contributed by atoms with Crippen LogP contribution in [0.5, 0.6) is 5.75 Å². The van der Waals surface area contributed by atoms with Crippen LogP contribution in [0.2, 0.25) is 5.02 Å². The molecule has 0 amide bonds. The van der Waals surface area contributed by atoms with Crippen LogP contribution in [0, 0.1) is 0 Å². The Balaban J connectivity index is 1.51. The Morgan fingerprint density at radius 2 is 1.60 bits per heavy atom. The number of hydrogen-bond acceptors (Lipinski definition) is 4. The second-order valence-corrected chi connectivity index (χ2v) is 10.5. The summed E-state index contributed by atoms with van der Waals surface area (Å²) >= 11 is 6.35. The SMILES string of the molecule is CC(=O)Oc1c(CCN(Cc2cccc(C(F)(F)F)c2Cl)CC(c2ccccc2)c2ccccc2)cc2ccocc1-2. The van der Waals surface area contributed by atoms with Crippen LogP contribution in [0.15, 0.2) is 108 Å². The molecule has 216 valence electrons. The molecule has 0 aromatic heterocycles. The van der Waals surface area contributed by atoms with Crippen molar-refractivity contribution in [3.8, 4) is 16.9 Å². The molecule has 8 heteroatoms. The number of hydrogen-bond donors (Lipinski definition) is 0. The minimum absolute atomic E-state index is 0.0533. The van der Waals surface area contributed by atoms with E-state index in [1.807, 2.05) is 42.5 Å². The van der Waals surface area contributed by atoms with Gasteiger partial charge in [-0.25, -0.2) is 0 Å². The van der Waals surface area contributed by atoms with Gasteiger partial charge >= 0.3 is 12.1 Å². The second kappa shape index (κ2) is 12.8. The Kier molecular flexibility index (Phi) is 9.00. The smallest absolute Gasteiger partial charge is 0.417 e. The maximum Gasteiger partial charge on any atom is 0.417 e. The molecular formula is C34H29ClF3NO3. The van der Waals surface area contributed by atoms with Gasteiger partial charge in [0.05, 0.1) is 22.4 Å². The number of carbonyl (C=O) groups is 1. The molecule has 4 nitrogen and oxygen atoms in total. The normalized spacial score (nSPS) is 11.9. The number of alkyl halides is 3. The van der Waals surface area contributed by atoms with Crippen molar-refractivity contribution in [2.75, 3.05) is 13.1 Å². The first-order valence-electron chi connectivity index (χ1n) is 13.5. The molecule has 0 fully saturated rings. The number of ether oxygens (including phenoxy) is 1. The van der Waals surface area contributed by atoms with Gasteiger partial charge in [0.25, 0.3) is 0 Å².